The van der Waals surface area contributed by atoms with Gasteiger partial charge in [-0.05, 0) is 24.1 Å². The number of benzene rings is 1. The lowest BCUT2D eigenvalue weighted by Crippen LogP contribution is -3.13. The average Bonchev–Trinajstić information content (AvgIpc) is 2.67. The molecule has 0 spiro atoms. The zero-order chi connectivity index (χ0) is 18.4. The van der Waals surface area contributed by atoms with Crippen LogP contribution in [-0.4, -0.2) is 37.5 Å². The Bertz CT molecular complexity index is 834. The van der Waals surface area contributed by atoms with E-state index in [0.29, 0.717) is 23.5 Å². The summed E-state index contributed by atoms with van der Waals surface area (Å²) in [7, 11) is 3.29. The van der Waals surface area contributed by atoms with Crippen molar-refractivity contribution in [2.45, 2.75) is 38.6 Å². The molecule has 2 heterocycles. The van der Waals surface area contributed by atoms with Gasteiger partial charge in [-0.25, -0.2) is 0 Å². The summed E-state index contributed by atoms with van der Waals surface area (Å²) in [5.74, 6) is 1.52. The standard InChI is InChI=1S/C20H24N2O4.ClH/c1-11-19(21-24)18-14(5-4-6-15(18)23)22-8-7-12-9-16(25-2)17(26-3)10-13(12)20(11)22;/h9-11,20,24H,4-8H2,1-3H3;1H. The number of allylic oxidation sites excluding steroid dienone is 2. The zero-order valence-electron chi connectivity index (χ0n) is 15.8. The van der Waals surface area contributed by atoms with Crippen LogP contribution in [0.5, 0.6) is 11.5 Å². The summed E-state index contributed by atoms with van der Waals surface area (Å²) < 4.78 is 11.0. The average molecular weight is 393 g/mol. The number of nitrogens with one attached hydrogen (secondary N) is 1. The van der Waals surface area contributed by atoms with Crippen molar-refractivity contribution in [3.63, 3.8) is 0 Å². The number of halogens is 1. The van der Waals surface area contributed by atoms with Gasteiger partial charge in [-0.1, -0.05) is 12.1 Å². The van der Waals surface area contributed by atoms with Crippen LogP contribution < -0.4 is 26.8 Å². The van der Waals surface area contributed by atoms with E-state index in [1.807, 2.05) is 0 Å². The fourth-order valence-electron chi connectivity index (χ4n) is 4.95. The first kappa shape index (κ1) is 19.7. The molecule has 27 heavy (non-hydrogen) atoms. The van der Waals surface area contributed by atoms with Crippen LogP contribution in [0.3, 0.4) is 0 Å². The first-order valence-electron chi connectivity index (χ1n) is 9.20. The number of hydrogen-bond donors (Lipinski definition) is 2. The normalized spacial score (nSPS) is 28.0. The number of quaternary nitrogens is 1. The lowest BCUT2D eigenvalue weighted by atomic mass is 9.74. The fourth-order valence-corrected chi connectivity index (χ4v) is 4.95. The van der Waals surface area contributed by atoms with Crippen LogP contribution in [0, 0.1) is 5.92 Å². The van der Waals surface area contributed by atoms with Crippen molar-refractivity contribution >= 4 is 11.5 Å². The predicted molar refractivity (Wildman–Crippen MR) is 96.1 cm³/mol. The Morgan fingerprint density at radius 1 is 1.15 bits per heavy atom. The number of methoxy groups -OCH3 is 2. The van der Waals surface area contributed by atoms with Crippen LogP contribution in [0.25, 0.3) is 0 Å². The van der Waals surface area contributed by atoms with Crippen molar-refractivity contribution < 1.29 is 36.8 Å². The molecule has 6 nitrogen and oxygen atoms in total. The molecule has 7 heteroatoms. The summed E-state index contributed by atoms with van der Waals surface area (Å²) in [6, 6.07) is 4.23. The number of fused-ring (bicyclic) bond motifs is 4. The first-order valence-corrected chi connectivity index (χ1v) is 9.20. The van der Waals surface area contributed by atoms with E-state index in [2.05, 4.69) is 24.2 Å². The summed E-state index contributed by atoms with van der Waals surface area (Å²) in [5.41, 5.74) is 4.79. The molecule has 1 aliphatic carbocycles. The Morgan fingerprint density at radius 2 is 1.85 bits per heavy atom. The highest BCUT2D eigenvalue weighted by molar-refractivity contribution is 6.24. The van der Waals surface area contributed by atoms with E-state index >= 15 is 0 Å². The number of Topliss-reactive ketones (excluding diaryl/α,β-unsaturated/α-hetero) is 1. The second-order valence-electron chi connectivity index (χ2n) is 7.31. The quantitative estimate of drug-likeness (QED) is 0.483. The van der Waals surface area contributed by atoms with Gasteiger partial charge in [0.1, 0.15) is 17.5 Å². The molecule has 4 rings (SSSR count). The van der Waals surface area contributed by atoms with Gasteiger partial charge >= 0.3 is 0 Å². The zero-order valence-corrected chi connectivity index (χ0v) is 16.6. The van der Waals surface area contributed by atoms with Gasteiger partial charge in [-0.3, -0.25) is 9.69 Å². The maximum Gasteiger partial charge on any atom is 0.170 e. The van der Waals surface area contributed by atoms with E-state index in [-0.39, 0.29) is 30.2 Å². The molecular formula is C20H25ClN2O4. The second kappa shape index (κ2) is 7.52. The van der Waals surface area contributed by atoms with E-state index in [1.54, 1.807) is 14.2 Å². The van der Waals surface area contributed by atoms with E-state index in [0.717, 1.165) is 37.3 Å². The SMILES string of the molecule is COc1cc2c(cc1OC)C1C(C)C(=NO)C3=C(CCCC3=O)[NH+]1CC2.[Cl-]. The van der Waals surface area contributed by atoms with Crippen molar-refractivity contribution in [3.8, 4) is 11.5 Å². The van der Waals surface area contributed by atoms with Crippen molar-refractivity contribution in [1.29, 1.82) is 0 Å². The monoisotopic (exact) mass is 392 g/mol. The molecule has 2 aliphatic heterocycles. The van der Waals surface area contributed by atoms with Gasteiger partial charge in [0.25, 0.3) is 0 Å². The van der Waals surface area contributed by atoms with Crippen molar-refractivity contribution in [1.82, 2.24) is 0 Å². The molecule has 0 saturated carbocycles. The van der Waals surface area contributed by atoms with Crippen LogP contribution in [0.1, 0.15) is 43.4 Å². The van der Waals surface area contributed by atoms with Crippen LogP contribution in [0.4, 0.5) is 0 Å². The van der Waals surface area contributed by atoms with E-state index in [4.69, 9.17) is 9.47 Å². The molecule has 0 radical (unpaired) electrons. The van der Waals surface area contributed by atoms with E-state index in [9.17, 15) is 10.0 Å². The highest BCUT2D eigenvalue weighted by Gasteiger charge is 2.48. The molecule has 1 aromatic rings. The number of ketones is 1. The van der Waals surface area contributed by atoms with Crippen molar-refractivity contribution in [2.24, 2.45) is 11.1 Å². The van der Waals surface area contributed by atoms with Gasteiger partial charge in [0.15, 0.2) is 17.3 Å². The number of nitrogens with zero attached hydrogens (tertiary/aromatic N) is 1. The molecule has 0 aromatic heterocycles. The van der Waals surface area contributed by atoms with Gasteiger partial charge < -0.3 is 27.1 Å². The number of ether oxygens (including phenoxy) is 2. The largest absolute Gasteiger partial charge is 1.00 e. The fraction of sp³-hybridized carbons (Fsp3) is 0.500. The van der Waals surface area contributed by atoms with Gasteiger partial charge in [-0.2, -0.15) is 0 Å². The minimum Gasteiger partial charge on any atom is -1.00 e. The summed E-state index contributed by atoms with van der Waals surface area (Å²) in [5, 5.41) is 13.3. The third-order valence-electron chi connectivity index (χ3n) is 6.11. The van der Waals surface area contributed by atoms with Gasteiger partial charge in [0, 0.05) is 24.8 Å². The molecule has 0 fully saturated rings. The van der Waals surface area contributed by atoms with Gasteiger partial charge in [-0.15, -0.1) is 0 Å². The molecule has 3 atom stereocenters. The van der Waals surface area contributed by atoms with Gasteiger partial charge in [0.2, 0.25) is 0 Å². The Balaban J connectivity index is 0.00000210. The van der Waals surface area contributed by atoms with Crippen molar-refractivity contribution in [3.05, 3.63) is 34.5 Å². The van der Waals surface area contributed by atoms with Crippen LogP contribution in [0.15, 0.2) is 28.6 Å². The lowest BCUT2D eigenvalue weighted by molar-refractivity contribution is -0.902. The third kappa shape index (κ3) is 2.91. The van der Waals surface area contributed by atoms with Crippen molar-refractivity contribution in [2.75, 3.05) is 20.8 Å². The number of carbonyl (C=O) groups is 1. The minimum atomic E-state index is -0.0482. The highest BCUT2D eigenvalue weighted by Crippen LogP contribution is 2.40. The Hall–Kier alpha value is -2.05. The summed E-state index contributed by atoms with van der Waals surface area (Å²) >= 11 is 0. The predicted octanol–water partition coefficient (Wildman–Crippen LogP) is -1.32. The molecule has 1 aromatic carbocycles. The topological polar surface area (TPSA) is 72.6 Å². The van der Waals surface area contributed by atoms with Crippen LogP contribution >= 0.6 is 0 Å². The lowest BCUT2D eigenvalue weighted by Gasteiger charge is -2.43. The summed E-state index contributed by atoms with van der Waals surface area (Å²) in [6.45, 7) is 2.99. The van der Waals surface area contributed by atoms with E-state index < -0.39 is 0 Å². The third-order valence-corrected chi connectivity index (χ3v) is 6.11. The smallest absolute Gasteiger partial charge is 0.170 e. The Morgan fingerprint density at radius 3 is 2.52 bits per heavy atom. The molecule has 3 unspecified atom stereocenters. The number of oxime groups is 1. The molecule has 146 valence electrons. The second-order valence-corrected chi connectivity index (χ2v) is 7.31. The number of hydrogen-bond acceptors (Lipinski definition) is 5. The molecule has 3 aliphatic rings. The minimum absolute atomic E-state index is 0. The highest BCUT2D eigenvalue weighted by atomic mass is 35.5. The number of rotatable bonds is 2. The molecular weight excluding hydrogens is 368 g/mol. The Labute approximate surface area is 165 Å². The molecule has 0 saturated heterocycles. The van der Waals surface area contributed by atoms with E-state index in [1.165, 1.54) is 16.0 Å². The van der Waals surface area contributed by atoms with Gasteiger partial charge in [0.05, 0.1) is 32.3 Å². The maximum atomic E-state index is 12.5. The summed E-state index contributed by atoms with van der Waals surface area (Å²) in [6.07, 6.45) is 3.23. The first-order chi connectivity index (χ1) is 12.6. The summed E-state index contributed by atoms with van der Waals surface area (Å²) in [4.78, 5) is 13.9. The Kier molecular flexibility index (Phi) is 5.49. The number of carbonyl (C=O) groups excluding carboxylic acids is 1. The molecule has 0 bridgehead atoms. The van der Waals surface area contributed by atoms with Crippen LogP contribution in [0.2, 0.25) is 0 Å². The molecule has 2 N–H and O–H groups in total. The molecule has 0 amide bonds. The van der Waals surface area contributed by atoms with Crippen LogP contribution in [-0.2, 0) is 11.2 Å². The maximum absolute atomic E-state index is 12.5.